The Morgan fingerprint density at radius 3 is 2.78 bits per heavy atom. The maximum atomic E-state index is 12.7. The van der Waals surface area contributed by atoms with Crippen molar-refractivity contribution in [2.45, 2.75) is 51.9 Å². The molecule has 0 spiro atoms. The topological polar surface area (TPSA) is 79.5 Å². The van der Waals surface area contributed by atoms with Crippen molar-refractivity contribution < 1.29 is 67.2 Å². The third-order valence-electron chi connectivity index (χ3n) is 7.31. The van der Waals surface area contributed by atoms with Crippen LogP contribution < -0.4 is 0 Å². The van der Waals surface area contributed by atoms with Crippen molar-refractivity contribution in [1.82, 2.24) is 15.0 Å². The molecule has 0 amide bonds. The zero-order valence-corrected chi connectivity index (χ0v) is 18.9. The van der Waals surface area contributed by atoms with Gasteiger partial charge in [0.2, 0.25) is 0 Å². The van der Waals surface area contributed by atoms with Gasteiger partial charge in [-0.1, -0.05) is 52.0 Å². The molecule has 2 aliphatic rings. The van der Waals surface area contributed by atoms with Crippen molar-refractivity contribution in [3.8, 4) is 17.5 Å². The largest absolute Gasteiger partial charge is 0.293 e. The number of benzene rings is 1. The van der Waals surface area contributed by atoms with Crippen LogP contribution in [-0.2, 0) is 16.6 Å². The Morgan fingerprint density at radius 1 is 1.25 bits per heavy atom. The molecule has 0 radical (unpaired) electrons. The number of hydrogen-bond acceptors (Lipinski definition) is 5. The minimum absolute atomic E-state index is 0.0445. The SMILES string of the molecule is CC(C)c1nc(-c2ccnc3ccccc23)nc2c1CC[C@@H]1[C@@H](C)C(=O)C(C#N)=C[C@@]21C.[3H][3H].[3H][3H].[3H][3H].[3H][3H].[3H][3H].[3H][3H].[3H][3H].[3H][3H].[3H][3H].[3H][3H].[3H][3H].[3H][3H].[3H][3H].[3H][3H].[3H][3H].[3H][3H].[3H][3H].[3H][3H].[3H][3H].[3H][3H].[3H][3H]. The molecule has 0 saturated heterocycles. The van der Waals surface area contributed by atoms with Gasteiger partial charge in [0, 0.05) is 90.8 Å². The summed E-state index contributed by atoms with van der Waals surface area (Å²) in [4.78, 5) is 27.5. The molecule has 5 nitrogen and oxygen atoms in total. The predicted octanol–water partition coefficient (Wildman–Crippen LogP) is 10.5. The average Bonchev–Trinajstić information content (AvgIpc) is 3.56. The van der Waals surface area contributed by atoms with Gasteiger partial charge in [-0.3, -0.25) is 9.78 Å². The molecule has 0 bridgehead atoms. The molecule has 3 aromatic rings. The summed E-state index contributed by atoms with van der Waals surface area (Å²) < 4.78 is 210. The molecule has 3 atom stereocenters. The first-order chi connectivity index (χ1) is 36.3. The van der Waals surface area contributed by atoms with Crippen molar-refractivity contribution in [2.24, 2.45) is 11.8 Å². The Kier molecular flexibility index (Phi) is 1.74. The Balaban J connectivity index is -0.0000000437. The van der Waals surface area contributed by atoms with E-state index in [1.165, 1.54) is 5.56 Å². The van der Waals surface area contributed by atoms with Gasteiger partial charge in [-0.05, 0) is 42.4 Å². The zero-order valence-electron chi connectivity index (χ0n) is 60.9. The van der Waals surface area contributed by atoms with Crippen LogP contribution >= 0.6 is 0 Å². The number of para-hydroxylation sites is 1. The highest BCUT2D eigenvalue weighted by atomic mass is 16.1. The Bertz CT molecular complexity index is 1400. The van der Waals surface area contributed by atoms with Crippen molar-refractivity contribution in [1.29, 1.82) is 5.26 Å². The van der Waals surface area contributed by atoms with Crippen LogP contribution in [0.2, 0.25) is 0 Å². The summed E-state index contributed by atoms with van der Waals surface area (Å²) in [5.41, 5.74) is 4.84. The van der Waals surface area contributed by atoms with Crippen molar-refractivity contribution in [2.75, 3.05) is 0 Å². The molecule has 0 unspecified atom stereocenters. The molecule has 32 heavy (non-hydrogen) atoms. The van der Waals surface area contributed by atoms with E-state index >= 15 is 0 Å². The lowest BCUT2D eigenvalue weighted by molar-refractivity contribution is -0.121. The highest BCUT2D eigenvalue weighted by molar-refractivity contribution is 6.02. The quantitative estimate of drug-likeness (QED) is 0.318. The van der Waals surface area contributed by atoms with E-state index in [1.807, 2.05) is 37.3 Å². The van der Waals surface area contributed by atoms with Gasteiger partial charge >= 0.3 is 0 Å². The summed E-state index contributed by atoms with van der Waals surface area (Å²) in [6.45, 7) is 8.42. The van der Waals surface area contributed by atoms with E-state index in [2.05, 4.69) is 37.9 Å². The second-order valence-corrected chi connectivity index (χ2v) is 9.54. The summed E-state index contributed by atoms with van der Waals surface area (Å²) in [5, 5.41) is 10.7. The number of aromatic nitrogens is 3. The summed E-state index contributed by atoms with van der Waals surface area (Å²) in [6.07, 6.45) is 5.43. The van der Waals surface area contributed by atoms with E-state index in [0.29, 0.717) is 5.82 Å². The number of Topliss-reactive ketones (excluding diaryl/α,β-unsaturated/α-hetero) is 1. The van der Waals surface area contributed by atoms with Gasteiger partial charge in [0.25, 0.3) is 0 Å². The van der Waals surface area contributed by atoms with Crippen LogP contribution in [0.1, 0.15) is 119 Å². The molecule has 0 saturated carbocycles. The molecular formula is C27H68N4O. The van der Waals surface area contributed by atoms with Gasteiger partial charge in [-0.25, -0.2) is 9.97 Å². The molecule has 202 valence electrons. The zero-order chi connectivity index (χ0) is 64.6. The van der Waals surface area contributed by atoms with Gasteiger partial charge in [0.05, 0.1) is 22.5 Å². The number of ketones is 1. The van der Waals surface area contributed by atoms with Crippen LogP contribution in [-0.4, -0.2) is 20.7 Å². The van der Waals surface area contributed by atoms with Crippen LogP contribution in [0.25, 0.3) is 22.3 Å². The normalized spacial score (nSPS) is 29.9. The molecule has 0 fully saturated rings. The van der Waals surface area contributed by atoms with E-state index in [9.17, 15) is 10.1 Å². The van der Waals surface area contributed by atoms with E-state index in [4.69, 9.17) is 72.3 Å². The number of allylic oxidation sites excluding steroid dienone is 2. The first-order valence-corrected chi connectivity index (χ1v) is 11.3. The highest BCUT2D eigenvalue weighted by Gasteiger charge is 2.49. The number of carbonyl (C=O) groups excluding carboxylic acids is 1. The van der Waals surface area contributed by atoms with Gasteiger partial charge in [-0.15, -0.1) is 0 Å². The fraction of sp³-hybridized carbons (Fsp3) is 0.370. The average molecular weight is 549 g/mol. The highest BCUT2D eigenvalue weighted by Crippen LogP contribution is 2.50. The maximum absolute atomic E-state index is 12.7. The van der Waals surface area contributed by atoms with Crippen LogP contribution in [0.5, 0.6) is 0 Å². The minimum atomic E-state index is -0.476. The third kappa shape index (κ3) is 2.90. The standard InChI is InChI=1S/C27H26N4O.21H2/c1-15(2)23-20-9-10-21-16(3)24(32)17(14-28)13-27(21,4)25(20)31-26(30-23)19-11-12-29-22-8-6-5-7-18(19)22;;;;;;;;;;;;;;;;;;;;;/h5-8,11-13,15-16,21H,9-10H2,1-4H3;21*1H/t16-,21-,27-;;;;;;;;;;;;;;;;;;;;;/m1...................../s1/i;21*1+2T. The summed E-state index contributed by atoms with van der Waals surface area (Å²) in [6, 6.07) is 12.1. The van der Waals surface area contributed by atoms with Crippen molar-refractivity contribution >= 4 is 16.7 Å². The molecule has 2 aliphatic carbocycles. The molecule has 2 heterocycles. The van der Waals surface area contributed by atoms with Gasteiger partial charge < -0.3 is 0 Å². The predicted molar refractivity (Wildman–Crippen MR) is 168 cm³/mol. The van der Waals surface area contributed by atoms with Gasteiger partial charge in [0.15, 0.2) is 11.6 Å². The minimum Gasteiger partial charge on any atom is -0.293 e. The number of carbonyl (C=O) groups is 1. The van der Waals surface area contributed by atoms with Gasteiger partial charge in [0.1, 0.15) is 6.07 Å². The van der Waals surface area contributed by atoms with Crippen LogP contribution in [0.15, 0.2) is 48.2 Å². The molecule has 2 aromatic heterocycles. The van der Waals surface area contributed by atoms with Gasteiger partial charge in [-0.2, -0.15) is 5.26 Å². The first kappa shape index (κ1) is 7.59. The number of nitrogens with zero attached hydrogens (tertiary/aromatic N) is 4. The van der Waals surface area contributed by atoms with Crippen molar-refractivity contribution in [3.05, 3.63) is 65.1 Å². The molecular weight excluding hydrogens is 396 g/mol. The van der Waals surface area contributed by atoms with Crippen molar-refractivity contribution in [3.63, 3.8) is 0 Å². The smallest absolute Gasteiger partial charge is 0.176 e. The Morgan fingerprint density at radius 2 is 2.03 bits per heavy atom. The fourth-order valence-electron chi connectivity index (χ4n) is 5.69. The number of hydrogen-bond donors (Lipinski definition) is 0. The second-order valence-electron chi connectivity index (χ2n) is 9.54. The summed E-state index contributed by atoms with van der Waals surface area (Å²) >= 11 is 0. The molecule has 1 aromatic carbocycles. The first-order valence-electron chi connectivity index (χ1n) is 32.3. The maximum Gasteiger partial charge on any atom is 0.176 e. The molecule has 5 rings (SSSR count). The van der Waals surface area contributed by atoms with Crippen LogP contribution in [0.4, 0.5) is 0 Å². The van der Waals surface area contributed by atoms with E-state index in [0.717, 1.165) is 40.7 Å². The Labute approximate surface area is 253 Å². The number of fused-ring (bicyclic) bond motifs is 4. The summed E-state index contributed by atoms with van der Waals surface area (Å²) in [7, 11) is 0. The Hall–Kier alpha value is -3.39. The monoisotopic (exact) mass is 549 g/mol. The van der Waals surface area contributed by atoms with E-state index < -0.39 is 5.41 Å². The lowest BCUT2D eigenvalue weighted by Crippen LogP contribution is -2.46. The van der Waals surface area contributed by atoms with E-state index in [1.54, 1.807) is 6.20 Å². The molecule has 0 aliphatic heterocycles. The number of nitriles is 1. The lowest BCUT2D eigenvalue weighted by atomic mass is 9.57. The fourth-order valence-corrected chi connectivity index (χ4v) is 5.69. The summed E-state index contributed by atoms with van der Waals surface area (Å²) in [5.74, 6) is 0.800. The third-order valence-corrected chi connectivity index (χ3v) is 7.31. The van der Waals surface area contributed by atoms with Crippen LogP contribution in [0.3, 0.4) is 0 Å². The van der Waals surface area contributed by atoms with Crippen LogP contribution in [0, 0.1) is 23.2 Å². The molecule has 0 N–H and O–H groups in total. The number of rotatable bonds is 2. The second kappa shape index (κ2) is 7.34. The lowest BCUT2D eigenvalue weighted by Gasteiger charge is -2.46. The number of pyridine rings is 1. The molecule has 5 heteroatoms. The van der Waals surface area contributed by atoms with E-state index in [-0.39, 0.29) is 29.1 Å².